The average Bonchev–Trinajstić information content (AvgIpc) is 2.61. The van der Waals surface area contributed by atoms with Gasteiger partial charge in [-0.15, -0.1) is 5.10 Å². The van der Waals surface area contributed by atoms with Gasteiger partial charge in [0, 0.05) is 0 Å². The van der Waals surface area contributed by atoms with Crippen molar-refractivity contribution < 1.29 is 19.8 Å². The lowest BCUT2D eigenvalue weighted by Gasteiger charge is -2.23. The molecule has 1 rings (SSSR count). The second-order valence-electron chi connectivity index (χ2n) is 4.56. The third kappa shape index (κ3) is 2.13. The summed E-state index contributed by atoms with van der Waals surface area (Å²) in [6.07, 6.45) is 0. The van der Waals surface area contributed by atoms with E-state index < -0.39 is 17.5 Å². The zero-order valence-electron chi connectivity index (χ0n) is 10.1. The van der Waals surface area contributed by atoms with E-state index in [9.17, 15) is 9.59 Å². The minimum Gasteiger partial charge on any atom is -0.479 e. The van der Waals surface area contributed by atoms with Crippen LogP contribution in [0.3, 0.4) is 0 Å². The van der Waals surface area contributed by atoms with Gasteiger partial charge in [0.2, 0.25) is 0 Å². The van der Waals surface area contributed by atoms with E-state index in [1.54, 1.807) is 13.8 Å². The molecule has 0 amide bonds. The number of hydrogen-bond acceptors (Lipinski definition) is 4. The Labute approximate surface area is 98.1 Å². The van der Waals surface area contributed by atoms with Crippen LogP contribution in [0.4, 0.5) is 0 Å². The molecule has 0 radical (unpaired) electrons. The number of hydrogen-bond donors (Lipinski definition) is 2. The fraction of sp³-hybridized carbons (Fsp3) is 0.600. The van der Waals surface area contributed by atoms with Crippen molar-refractivity contribution in [2.75, 3.05) is 0 Å². The molecule has 7 heteroatoms. The number of carbonyl (C=O) groups is 2. The van der Waals surface area contributed by atoms with Gasteiger partial charge in [0.25, 0.3) is 0 Å². The zero-order valence-corrected chi connectivity index (χ0v) is 10.1. The number of aromatic nitrogens is 3. The maximum absolute atomic E-state index is 11.1. The van der Waals surface area contributed by atoms with Crippen LogP contribution in [0.1, 0.15) is 49.8 Å². The molecule has 1 aromatic heterocycles. The maximum atomic E-state index is 11.1. The van der Waals surface area contributed by atoms with Crippen LogP contribution in [0.2, 0.25) is 0 Å². The van der Waals surface area contributed by atoms with Crippen molar-refractivity contribution in [3.8, 4) is 0 Å². The van der Waals surface area contributed by atoms with Crippen LogP contribution in [0.25, 0.3) is 0 Å². The van der Waals surface area contributed by atoms with E-state index in [2.05, 4.69) is 10.3 Å². The summed E-state index contributed by atoms with van der Waals surface area (Å²) in [5.41, 5.74) is -1.22. The van der Waals surface area contributed by atoms with Gasteiger partial charge in [-0.1, -0.05) is 19.1 Å². The Balaban J connectivity index is 3.46. The van der Waals surface area contributed by atoms with Crippen molar-refractivity contribution in [3.63, 3.8) is 0 Å². The van der Waals surface area contributed by atoms with Crippen LogP contribution < -0.4 is 0 Å². The number of rotatable bonds is 4. The highest BCUT2D eigenvalue weighted by atomic mass is 16.4. The predicted molar refractivity (Wildman–Crippen MR) is 58.0 cm³/mol. The Morgan fingerprint density at radius 2 is 1.82 bits per heavy atom. The van der Waals surface area contributed by atoms with E-state index in [-0.39, 0.29) is 11.6 Å². The molecule has 0 fully saturated rings. The standard InChI is InChI=1S/C10H15N3O4/c1-5(2)7-6(8(14)15)11-12-13(7)10(3,4)9(16)17/h5H,1-4H3,(H,14,15)(H,16,17). The Morgan fingerprint density at radius 3 is 2.18 bits per heavy atom. The second kappa shape index (κ2) is 4.15. The Morgan fingerprint density at radius 1 is 1.29 bits per heavy atom. The van der Waals surface area contributed by atoms with Gasteiger partial charge in [-0.25, -0.2) is 14.3 Å². The smallest absolute Gasteiger partial charge is 0.358 e. The van der Waals surface area contributed by atoms with Gasteiger partial charge in [0.15, 0.2) is 11.2 Å². The molecule has 0 aliphatic carbocycles. The summed E-state index contributed by atoms with van der Waals surface area (Å²) in [7, 11) is 0. The van der Waals surface area contributed by atoms with Gasteiger partial charge in [0.1, 0.15) is 0 Å². The molecule has 0 atom stereocenters. The number of carboxylic acids is 2. The summed E-state index contributed by atoms with van der Waals surface area (Å²) in [6.45, 7) is 6.42. The lowest BCUT2D eigenvalue weighted by molar-refractivity contribution is -0.146. The minimum absolute atomic E-state index is 0.185. The first-order valence-electron chi connectivity index (χ1n) is 5.12. The van der Waals surface area contributed by atoms with E-state index in [0.717, 1.165) is 4.68 Å². The average molecular weight is 241 g/mol. The van der Waals surface area contributed by atoms with E-state index in [4.69, 9.17) is 10.2 Å². The molecule has 0 unspecified atom stereocenters. The number of aliphatic carboxylic acids is 1. The molecule has 1 heterocycles. The van der Waals surface area contributed by atoms with E-state index in [1.165, 1.54) is 13.8 Å². The summed E-state index contributed by atoms with van der Waals surface area (Å²) in [5.74, 6) is -2.49. The normalized spacial score (nSPS) is 11.8. The van der Waals surface area contributed by atoms with Gasteiger partial charge in [-0.05, 0) is 19.8 Å². The van der Waals surface area contributed by atoms with E-state index in [0.29, 0.717) is 5.69 Å². The molecule has 2 N–H and O–H groups in total. The number of nitrogens with zero attached hydrogens (tertiary/aromatic N) is 3. The summed E-state index contributed by atoms with van der Waals surface area (Å²) in [5, 5.41) is 25.3. The largest absolute Gasteiger partial charge is 0.479 e. The van der Waals surface area contributed by atoms with Crippen molar-refractivity contribution in [2.24, 2.45) is 0 Å². The molecule has 1 aromatic rings. The Hall–Kier alpha value is -1.92. The van der Waals surface area contributed by atoms with Crippen LogP contribution in [0, 0.1) is 0 Å². The third-order valence-electron chi connectivity index (χ3n) is 2.51. The van der Waals surface area contributed by atoms with Crippen molar-refractivity contribution in [1.29, 1.82) is 0 Å². The first-order chi connectivity index (χ1) is 7.69. The van der Waals surface area contributed by atoms with Gasteiger partial charge < -0.3 is 10.2 Å². The van der Waals surface area contributed by atoms with E-state index >= 15 is 0 Å². The van der Waals surface area contributed by atoms with Crippen LogP contribution in [0.5, 0.6) is 0 Å². The van der Waals surface area contributed by atoms with Gasteiger partial charge >= 0.3 is 11.9 Å². The quantitative estimate of drug-likeness (QED) is 0.811. The van der Waals surface area contributed by atoms with Gasteiger partial charge in [0.05, 0.1) is 5.69 Å². The monoisotopic (exact) mass is 241 g/mol. The SMILES string of the molecule is CC(C)c1c(C(=O)O)nnn1C(C)(C)C(=O)O. The lowest BCUT2D eigenvalue weighted by atomic mass is 10.0. The van der Waals surface area contributed by atoms with Crippen molar-refractivity contribution in [3.05, 3.63) is 11.4 Å². The molecule has 0 aliphatic heterocycles. The fourth-order valence-corrected chi connectivity index (χ4v) is 1.46. The van der Waals surface area contributed by atoms with Crippen LogP contribution in [-0.4, -0.2) is 37.1 Å². The molecule has 0 aromatic carbocycles. The maximum Gasteiger partial charge on any atom is 0.358 e. The Bertz CT molecular complexity index is 462. The molecule has 94 valence electrons. The molecular formula is C10H15N3O4. The fourth-order valence-electron chi connectivity index (χ4n) is 1.46. The topological polar surface area (TPSA) is 105 Å². The van der Waals surface area contributed by atoms with Crippen molar-refractivity contribution in [1.82, 2.24) is 15.0 Å². The van der Waals surface area contributed by atoms with Crippen molar-refractivity contribution >= 4 is 11.9 Å². The first kappa shape index (κ1) is 13.1. The Kier molecular flexibility index (Phi) is 3.21. The molecule has 0 saturated carbocycles. The highest BCUT2D eigenvalue weighted by Gasteiger charge is 2.36. The summed E-state index contributed by atoms with van der Waals surface area (Å²) < 4.78 is 1.16. The highest BCUT2D eigenvalue weighted by molar-refractivity contribution is 5.87. The molecule has 0 spiro atoms. The zero-order chi connectivity index (χ0) is 13.4. The van der Waals surface area contributed by atoms with E-state index in [1.807, 2.05) is 0 Å². The van der Waals surface area contributed by atoms with Crippen LogP contribution in [-0.2, 0) is 10.3 Å². The van der Waals surface area contributed by atoms with Crippen molar-refractivity contribution in [2.45, 2.75) is 39.2 Å². The molecule has 7 nitrogen and oxygen atoms in total. The molecular weight excluding hydrogens is 226 g/mol. The molecule has 0 saturated heterocycles. The van der Waals surface area contributed by atoms with Crippen LogP contribution >= 0.6 is 0 Å². The summed E-state index contributed by atoms with van der Waals surface area (Å²) in [4.78, 5) is 22.1. The predicted octanol–water partition coefficient (Wildman–Crippen LogP) is 0.919. The second-order valence-corrected chi connectivity index (χ2v) is 4.56. The molecule has 0 bridgehead atoms. The molecule has 0 aliphatic rings. The van der Waals surface area contributed by atoms with Gasteiger partial charge in [-0.2, -0.15) is 0 Å². The van der Waals surface area contributed by atoms with Gasteiger partial charge in [-0.3, -0.25) is 0 Å². The third-order valence-corrected chi connectivity index (χ3v) is 2.51. The number of carboxylic acid groups (broad SMARTS) is 2. The first-order valence-corrected chi connectivity index (χ1v) is 5.12. The minimum atomic E-state index is -1.33. The highest BCUT2D eigenvalue weighted by Crippen LogP contribution is 2.24. The number of aromatic carboxylic acids is 1. The molecule has 17 heavy (non-hydrogen) atoms. The lowest BCUT2D eigenvalue weighted by Crippen LogP contribution is -2.38. The summed E-state index contributed by atoms with van der Waals surface area (Å²) in [6, 6.07) is 0. The summed E-state index contributed by atoms with van der Waals surface area (Å²) >= 11 is 0. The van der Waals surface area contributed by atoms with Crippen LogP contribution in [0.15, 0.2) is 0 Å².